The van der Waals surface area contributed by atoms with Crippen molar-refractivity contribution in [2.75, 3.05) is 0 Å². The highest BCUT2D eigenvalue weighted by Crippen LogP contribution is 2.56. The lowest BCUT2D eigenvalue weighted by molar-refractivity contribution is 0.467. The van der Waals surface area contributed by atoms with Gasteiger partial charge in [-0.25, -0.2) is 0 Å². The molecule has 0 amide bonds. The zero-order chi connectivity index (χ0) is 19.8. The van der Waals surface area contributed by atoms with E-state index in [1.54, 1.807) is 18.2 Å². The van der Waals surface area contributed by atoms with Crippen LogP contribution in [-0.4, -0.2) is 25.9 Å². The van der Waals surface area contributed by atoms with E-state index in [0.29, 0.717) is 17.4 Å². The summed E-state index contributed by atoms with van der Waals surface area (Å²) >= 11 is 0. The van der Waals surface area contributed by atoms with Crippen molar-refractivity contribution in [3.05, 3.63) is 35.4 Å². The quantitative estimate of drug-likeness (QED) is 0.463. The molecule has 6 nitrogen and oxygen atoms in total. The number of rotatable bonds is 9. The van der Waals surface area contributed by atoms with Gasteiger partial charge < -0.3 is 0 Å². The van der Waals surface area contributed by atoms with Crippen LogP contribution < -0.4 is 0 Å². The Morgan fingerprint density at radius 2 is 1.33 bits per heavy atom. The van der Waals surface area contributed by atoms with Gasteiger partial charge in [0.15, 0.2) is 0 Å². The van der Waals surface area contributed by atoms with Crippen molar-refractivity contribution < 1.29 is 25.9 Å². The van der Waals surface area contributed by atoms with Crippen molar-refractivity contribution >= 4 is 31.0 Å². The Morgan fingerprint density at radius 1 is 0.778 bits per heavy atom. The van der Waals surface area contributed by atoms with Gasteiger partial charge in [0.1, 0.15) is 9.79 Å². The summed E-state index contributed by atoms with van der Waals surface area (Å²) in [6.45, 7) is 2.15. The van der Waals surface area contributed by atoms with Crippen LogP contribution in [0.2, 0.25) is 0 Å². The van der Waals surface area contributed by atoms with Gasteiger partial charge in [-0.05, 0) is 22.9 Å². The molecule has 1 atom stereocenters. The third-order valence-electron chi connectivity index (χ3n) is 5.18. The van der Waals surface area contributed by atoms with E-state index >= 15 is 0 Å². The van der Waals surface area contributed by atoms with Crippen LogP contribution in [-0.2, 0) is 20.2 Å². The van der Waals surface area contributed by atoms with Crippen LogP contribution in [0.5, 0.6) is 0 Å². The molecule has 0 saturated heterocycles. The van der Waals surface area contributed by atoms with Crippen LogP contribution in [0.3, 0.4) is 0 Å². The fourth-order valence-corrected chi connectivity index (χ4v) is 6.28. The van der Waals surface area contributed by atoms with Crippen molar-refractivity contribution in [1.29, 1.82) is 0 Å². The van der Waals surface area contributed by atoms with Gasteiger partial charge in [0.05, 0.1) is 0 Å². The van der Waals surface area contributed by atoms with Gasteiger partial charge in [0, 0.05) is 11.3 Å². The maximum Gasteiger partial charge on any atom is 0.296 e. The molecule has 3 rings (SSSR count). The summed E-state index contributed by atoms with van der Waals surface area (Å²) in [5.41, 5.74) is 1.09. The first-order valence-corrected chi connectivity index (χ1v) is 12.1. The maximum atomic E-state index is 12.0. The normalized spacial score (nSPS) is 16.5. The Hall–Kier alpha value is -1.48. The molecule has 1 aliphatic carbocycles. The third-order valence-corrected chi connectivity index (χ3v) is 7.19. The van der Waals surface area contributed by atoms with Gasteiger partial charge in [-0.3, -0.25) is 9.11 Å². The molecule has 1 aliphatic rings. The van der Waals surface area contributed by atoms with Crippen LogP contribution in [0.15, 0.2) is 34.1 Å². The van der Waals surface area contributed by atoms with Crippen LogP contribution in [0.4, 0.5) is 0 Å². The first kappa shape index (κ1) is 20.3. The monoisotopic (exact) mass is 412 g/mol. The largest absolute Gasteiger partial charge is 0.296 e. The summed E-state index contributed by atoms with van der Waals surface area (Å²) < 4.78 is 67.2. The number of fused-ring (bicyclic) bond motifs is 3. The average Bonchev–Trinajstić information content (AvgIpc) is 3.29. The molecule has 27 heavy (non-hydrogen) atoms. The molecule has 8 heteroatoms. The van der Waals surface area contributed by atoms with Gasteiger partial charge in [-0.1, -0.05) is 69.7 Å². The molecule has 148 valence electrons. The van der Waals surface area contributed by atoms with Crippen molar-refractivity contribution in [3.8, 4) is 0 Å². The van der Waals surface area contributed by atoms with Gasteiger partial charge in [-0.2, -0.15) is 16.8 Å². The molecule has 0 aromatic heterocycles. The predicted molar refractivity (Wildman–Crippen MR) is 103 cm³/mol. The molecule has 0 aliphatic heterocycles. The molecule has 2 aromatic rings. The van der Waals surface area contributed by atoms with E-state index in [2.05, 4.69) is 6.92 Å². The molecule has 1 unspecified atom stereocenters. The Balaban J connectivity index is 2.01. The zero-order valence-corrected chi connectivity index (χ0v) is 16.8. The summed E-state index contributed by atoms with van der Waals surface area (Å²) in [6, 6.07) is 6.48. The molecule has 0 fully saturated rings. The molecule has 2 N–H and O–H groups in total. The zero-order valence-electron chi connectivity index (χ0n) is 15.2. The molecule has 0 saturated carbocycles. The predicted octanol–water partition coefficient (Wildman–Crippen LogP) is 4.53. The van der Waals surface area contributed by atoms with Crippen LogP contribution in [0, 0.1) is 0 Å². The number of unbranched alkanes of at least 4 members (excludes halogenated alkanes) is 5. The average molecular weight is 413 g/mol. The number of hydrogen-bond donors (Lipinski definition) is 2. The van der Waals surface area contributed by atoms with Crippen molar-refractivity contribution in [1.82, 2.24) is 0 Å². The maximum absolute atomic E-state index is 12.0. The first-order chi connectivity index (χ1) is 12.7. The summed E-state index contributed by atoms with van der Waals surface area (Å²) in [7, 11) is -9.63. The topological polar surface area (TPSA) is 109 Å². The number of hydrogen-bond acceptors (Lipinski definition) is 4. The highest BCUT2D eigenvalue weighted by molar-refractivity contribution is 7.89. The minimum absolute atomic E-state index is 0.122. The SMILES string of the molecule is CCCCCCCCC1c2c(S(=O)(=O)O)c(S(=O)(=O)O)c3ccccc3c21. The second kappa shape index (κ2) is 7.50. The second-order valence-corrected chi connectivity index (χ2v) is 9.81. The first-order valence-electron chi connectivity index (χ1n) is 9.21. The lowest BCUT2D eigenvalue weighted by Gasteiger charge is -2.07. The Labute approximate surface area is 160 Å². The van der Waals surface area contributed by atoms with E-state index in [4.69, 9.17) is 0 Å². The van der Waals surface area contributed by atoms with E-state index in [0.717, 1.165) is 31.2 Å². The lowest BCUT2D eigenvalue weighted by Crippen LogP contribution is -2.09. The summed E-state index contributed by atoms with van der Waals surface area (Å²) in [5.74, 6) is -0.200. The van der Waals surface area contributed by atoms with Gasteiger partial charge in [0.25, 0.3) is 20.2 Å². The molecular formula is C19H24O6S2. The van der Waals surface area contributed by atoms with Gasteiger partial charge in [0.2, 0.25) is 0 Å². The minimum Gasteiger partial charge on any atom is -0.282 e. The summed E-state index contributed by atoms with van der Waals surface area (Å²) in [5, 5.41) is 0.736. The third kappa shape index (κ3) is 4.03. The minimum atomic E-state index is -4.83. The van der Waals surface area contributed by atoms with E-state index in [1.807, 2.05) is 0 Å². The molecule has 0 bridgehead atoms. The van der Waals surface area contributed by atoms with E-state index in [-0.39, 0.29) is 11.3 Å². The Bertz CT molecular complexity index is 1070. The Morgan fingerprint density at radius 3 is 1.93 bits per heavy atom. The molecule has 0 spiro atoms. The molecule has 0 heterocycles. The second-order valence-electron chi connectivity index (χ2n) is 7.09. The van der Waals surface area contributed by atoms with E-state index in [1.165, 1.54) is 18.9 Å². The standard InChI is InChI=1S/C19H24O6S2/c1-2-3-4-5-6-7-12-15-16-13-10-8-9-11-14(13)18(26(20,21)22)19(17(15)16)27(23,24)25/h8-11,15H,2-7,12H2,1H3,(H,20,21,22)(H,23,24,25). The van der Waals surface area contributed by atoms with E-state index < -0.39 is 30.0 Å². The fourth-order valence-electron chi connectivity index (χ4n) is 3.97. The smallest absolute Gasteiger partial charge is 0.282 e. The molecular weight excluding hydrogens is 388 g/mol. The lowest BCUT2D eigenvalue weighted by atomic mass is 10.1. The molecule has 0 radical (unpaired) electrons. The van der Waals surface area contributed by atoms with Crippen LogP contribution in [0.25, 0.3) is 10.8 Å². The van der Waals surface area contributed by atoms with Crippen molar-refractivity contribution in [3.63, 3.8) is 0 Å². The number of benzene rings is 2. The highest BCUT2D eigenvalue weighted by atomic mass is 32.2. The Kier molecular flexibility index (Phi) is 5.63. The molecule has 2 aromatic carbocycles. The summed E-state index contributed by atoms with van der Waals surface area (Å²) in [4.78, 5) is -1.38. The fraction of sp³-hybridized carbons (Fsp3) is 0.474. The van der Waals surface area contributed by atoms with Crippen LogP contribution >= 0.6 is 0 Å². The van der Waals surface area contributed by atoms with Crippen LogP contribution in [0.1, 0.15) is 68.9 Å². The van der Waals surface area contributed by atoms with Gasteiger partial charge in [-0.15, -0.1) is 0 Å². The van der Waals surface area contributed by atoms with Crippen molar-refractivity contribution in [2.45, 2.75) is 67.6 Å². The van der Waals surface area contributed by atoms with Crippen molar-refractivity contribution in [2.24, 2.45) is 0 Å². The van der Waals surface area contributed by atoms with Gasteiger partial charge >= 0.3 is 0 Å². The highest BCUT2D eigenvalue weighted by Gasteiger charge is 2.45. The summed E-state index contributed by atoms with van der Waals surface area (Å²) in [6.07, 6.45) is 7.25. The van der Waals surface area contributed by atoms with E-state index in [9.17, 15) is 25.9 Å².